The van der Waals surface area contributed by atoms with E-state index in [0.29, 0.717) is 5.92 Å². The first-order valence-corrected chi connectivity index (χ1v) is 9.31. The largest absolute Gasteiger partial charge is 0.145 e. The molecule has 0 N–H and O–H groups in total. The maximum Gasteiger partial charge on any atom is 0.145 e. The Morgan fingerprint density at radius 3 is 2.05 bits per heavy atom. The van der Waals surface area contributed by atoms with Gasteiger partial charge in [-0.05, 0) is 24.3 Å². The third-order valence-corrected chi connectivity index (χ3v) is 5.27. The maximum absolute atomic E-state index is 6.73. The zero-order valence-electron chi connectivity index (χ0n) is 13.6. The Balaban J connectivity index is 2.51. The SMILES string of the molecule is CCCCCCCCC(CCC)C(Cl)(Cl)c1ccccc1. The van der Waals surface area contributed by atoms with E-state index in [1.165, 1.54) is 38.5 Å². The maximum atomic E-state index is 6.73. The summed E-state index contributed by atoms with van der Waals surface area (Å²) in [6.45, 7) is 4.47. The minimum atomic E-state index is -0.749. The second-order valence-corrected chi connectivity index (χ2v) is 7.42. The highest BCUT2D eigenvalue weighted by Gasteiger charge is 2.35. The van der Waals surface area contributed by atoms with Gasteiger partial charge in [0.05, 0.1) is 0 Å². The van der Waals surface area contributed by atoms with Crippen LogP contribution in [-0.2, 0) is 4.33 Å². The zero-order chi connectivity index (χ0) is 15.6. The molecule has 1 atom stereocenters. The lowest BCUT2D eigenvalue weighted by Crippen LogP contribution is -2.23. The van der Waals surface area contributed by atoms with Gasteiger partial charge in [0.25, 0.3) is 0 Å². The van der Waals surface area contributed by atoms with E-state index in [-0.39, 0.29) is 0 Å². The van der Waals surface area contributed by atoms with Crippen molar-refractivity contribution in [3.8, 4) is 0 Å². The molecule has 0 spiro atoms. The lowest BCUT2D eigenvalue weighted by Gasteiger charge is -2.30. The van der Waals surface area contributed by atoms with Crippen LogP contribution in [0.15, 0.2) is 30.3 Å². The molecule has 0 saturated carbocycles. The number of hydrogen-bond donors (Lipinski definition) is 0. The van der Waals surface area contributed by atoms with Gasteiger partial charge in [-0.3, -0.25) is 0 Å². The molecule has 0 radical (unpaired) electrons. The molecule has 120 valence electrons. The van der Waals surface area contributed by atoms with Gasteiger partial charge in [-0.1, -0.05) is 112 Å². The Labute approximate surface area is 141 Å². The summed E-state index contributed by atoms with van der Waals surface area (Å²) < 4.78 is -0.749. The first-order valence-electron chi connectivity index (χ1n) is 8.56. The van der Waals surface area contributed by atoms with Gasteiger partial charge in [0, 0.05) is 0 Å². The van der Waals surface area contributed by atoms with E-state index in [0.717, 1.165) is 24.8 Å². The molecule has 0 aromatic heterocycles. The van der Waals surface area contributed by atoms with Crippen LogP contribution in [0.3, 0.4) is 0 Å². The highest BCUT2D eigenvalue weighted by Crippen LogP contribution is 2.45. The van der Waals surface area contributed by atoms with Crippen molar-refractivity contribution in [1.29, 1.82) is 0 Å². The number of hydrogen-bond acceptors (Lipinski definition) is 0. The van der Waals surface area contributed by atoms with Crippen molar-refractivity contribution in [2.75, 3.05) is 0 Å². The van der Waals surface area contributed by atoms with E-state index in [9.17, 15) is 0 Å². The summed E-state index contributed by atoms with van der Waals surface area (Å²) in [5.74, 6) is 0.347. The molecule has 0 amide bonds. The summed E-state index contributed by atoms with van der Waals surface area (Å²) in [5, 5.41) is 0. The predicted molar refractivity (Wildman–Crippen MR) is 96.2 cm³/mol. The molecular formula is C19H30Cl2. The summed E-state index contributed by atoms with van der Waals surface area (Å²) in [6.07, 6.45) is 11.3. The number of benzene rings is 1. The number of halogens is 2. The first kappa shape index (κ1) is 18.8. The van der Waals surface area contributed by atoms with E-state index in [4.69, 9.17) is 23.2 Å². The second kappa shape index (κ2) is 10.5. The van der Waals surface area contributed by atoms with Crippen LogP contribution in [0.4, 0.5) is 0 Å². The van der Waals surface area contributed by atoms with Gasteiger partial charge in [-0.25, -0.2) is 0 Å². The Hall–Kier alpha value is -0.200. The highest BCUT2D eigenvalue weighted by atomic mass is 35.5. The van der Waals surface area contributed by atoms with E-state index in [1.54, 1.807) is 0 Å². The summed E-state index contributed by atoms with van der Waals surface area (Å²) in [4.78, 5) is 0. The Morgan fingerprint density at radius 2 is 1.43 bits per heavy atom. The number of rotatable bonds is 11. The Morgan fingerprint density at radius 1 is 0.810 bits per heavy atom. The van der Waals surface area contributed by atoms with E-state index >= 15 is 0 Å². The average molecular weight is 329 g/mol. The average Bonchev–Trinajstić information content (AvgIpc) is 2.50. The zero-order valence-corrected chi connectivity index (χ0v) is 15.1. The Bertz CT molecular complexity index is 359. The van der Waals surface area contributed by atoms with Crippen LogP contribution in [-0.4, -0.2) is 0 Å². The van der Waals surface area contributed by atoms with Crippen molar-refractivity contribution >= 4 is 23.2 Å². The fraction of sp³-hybridized carbons (Fsp3) is 0.684. The molecule has 0 bridgehead atoms. The number of unbranched alkanes of at least 4 members (excludes halogenated alkanes) is 5. The standard InChI is InChI=1S/C19H30Cl2/c1-3-5-6-7-8-10-14-17(13-4-2)19(20,21)18-15-11-9-12-16-18/h9,11-12,15-17H,3-8,10,13-14H2,1-2H3. The van der Waals surface area contributed by atoms with Crippen LogP contribution in [0, 0.1) is 5.92 Å². The van der Waals surface area contributed by atoms with Crippen molar-refractivity contribution < 1.29 is 0 Å². The fourth-order valence-electron chi connectivity index (χ4n) is 2.92. The van der Waals surface area contributed by atoms with Gasteiger partial charge in [-0.2, -0.15) is 0 Å². The highest BCUT2D eigenvalue weighted by molar-refractivity contribution is 6.48. The van der Waals surface area contributed by atoms with Gasteiger partial charge in [0.1, 0.15) is 4.33 Å². The Kier molecular flexibility index (Phi) is 9.44. The third-order valence-electron chi connectivity index (χ3n) is 4.21. The third kappa shape index (κ3) is 6.61. The fourth-order valence-corrected chi connectivity index (χ4v) is 3.61. The van der Waals surface area contributed by atoms with Gasteiger partial charge < -0.3 is 0 Å². The molecule has 0 saturated heterocycles. The molecule has 0 aliphatic carbocycles. The predicted octanol–water partition coefficient (Wildman–Crippen LogP) is 7.48. The normalized spacial score (nSPS) is 13.3. The van der Waals surface area contributed by atoms with Crippen LogP contribution >= 0.6 is 23.2 Å². The first-order chi connectivity index (χ1) is 10.1. The van der Waals surface area contributed by atoms with E-state index in [1.807, 2.05) is 30.3 Å². The summed E-state index contributed by atoms with van der Waals surface area (Å²) in [6, 6.07) is 10.1. The molecule has 2 heteroatoms. The molecule has 1 aromatic rings. The molecule has 1 aromatic carbocycles. The lowest BCUT2D eigenvalue weighted by atomic mass is 9.89. The van der Waals surface area contributed by atoms with Crippen LogP contribution < -0.4 is 0 Å². The van der Waals surface area contributed by atoms with Gasteiger partial charge in [0.2, 0.25) is 0 Å². The monoisotopic (exact) mass is 328 g/mol. The summed E-state index contributed by atoms with van der Waals surface area (Å²) in [7, 11) is 0. The van der Waals surface area contributed by atoms with Gasteiger partial charge in [-0.15, -0.1) is 0 Å². The van der Waals surface area contributed by atoms with Crippen molar-refractivity contribution in [2.45, 2.75) is 76.0 Å². The van der Waals surface area contributed by atoms with Crippen LogP contribution in [0.5, 0.6) is 0 Å². The van der Waals surface area contributed by atoms with E-state index < -0.39 is 4.33 Å². The summed E-state index contributed by atoms with van der Waals surface area (Å²) >= 11 is 13.5. The quantitative estimate of drug-likeness (QED) is 0.291. The van der Waals surface area contributed by atoms with Crippen molar-refractivity contribution in [3.63, 3.8) is 0 Å². The van der Waals surface area contributed by atoms with E-state index in [2.05, 4.69) is 13.8 Å². The minimum absolute atomic E-state index is 0.347. The van der Waals surface area contributed by atoms with Crippen LogP contribution in [0.2, 0.25) is 0 Å². The number of alkyl halides is 2. The van der Waals surface area contributed by atoms with Gasteiger partial charge in [0.15, 0.2) is 0 Å². The molecular weight excluding hydrogens is 299 g/mol. The second-order valence-electron chi connectivity index (χ2n) is 6.03. The molecule has 1 rings (SSSR count). The van der Waals surface area contributed by atoms with Crippen LogP contribution in [0.25, 0.3) is 0 Å². The molecule has 21 heavy (non-hydrogen) atoms. The minimum Gasteiger partial charge on any atom is -0.0960 e. The topological polar surface area (TPSA) is 0 Å². The van der Waals surface area contributed by atoms with Crippen molar-refractivity contribution in [1.82, 2.24) is 0 Å². The van der Waals surface area contributed by atoms with Crippen molar-refractivity contribution in [3.05, 3.63) is 35.9 Å². The molecule has 0 aliphatic rings. The molecule has 0 fully saturated rings. The smallest absolute Gasteiger partial charge is 0.0960 e. The van der Waals surface area contributed by atoms with Gasteiger partial charge >= 0.3 is 0 Å². The lowest BCUT2D eigenvalue weighted by molar-refractivity contribution is 0.381. The van der Waals surface area contributed by atoms with Crippen LogP contribution in [0.1, 0.15) is 77.2 Å². The molecule has 0 aliphatic heterocycles. The molecule has 0 heterocycles. The molecule has 0 nitrogen and oxygen atoms in total. The summed E-state index contributed by atoms with van der Waals surface area (Å²) in [5.41, 5.74) is 1.04. The van der Waals surface area contributed by atoms with Crippen molar-refractivity contribution in [2.24, 2.45) is 5.92 Å². The molecule has 1 unspecified atom stereocenters.